The van der Waals surface area contributed by atoms with Crippen molar-refractivity contribution in [3.05, 3.63) is 52.8 Å². The van der Waals surface area contributed by atoms with Gasteiger partial charge in [0, 0.05) is 30.5 Å². The maximum absolute atomic E-state index is 12.3. The number of carbonyl (C=O) groups is 1. The fraction of sp³-hybridized carbons (Fsp3) is 0.133. The predicted octanol–water partition coefficient (Wildman–Crippen LogP) is 2.51. The Morgan fingerprint density at radius 2 is 2.24 bits per heavy atom. The van der Waals surface area contributed by atoms with E-state index in [9.17, 15) is 4.79 Å². The highest BCUT2D eigenvalue weighted by atomic mass is 32.1. The Kier molecular flexibility index (Phi) is 3.53. The SMILES string of the molecule is Cc1ccncc1CNC(=O)c1sc2ncccc2c1N. The van der Waals surface area contributed by atoms with Gasteiger partial charge >= 0.3 is 0 Å². The summed E-state index contributed by atoms with van der Waals surface area (Å²) in [5.41, 5.74) is 8.61. The molecule has 3 N–H and O–H groups in total. The molecule has 0 radical (unpaired) electrons. The number of pyridine rings is 2. The Labute approximate surface area is 125 Å². The van der Waals surface area contributed by atoms with Gasteiger partial charge in [0.15, 0.2) is 0 Å². The van der Waals surface area contributed by atoms with Crippen LogP contribution in [0.15, 0.2) is 36.8 Å². The molecule has 21 heavy (non-hydrogen) atoms. The lowest BCUT2D eigenvalue weighted by molar-refractivity contribution is 0.0956. The fourth-order valence-electron chi connectivity index (χ4n) is 2.06. The van der Waals surface area contributed by atoms with Crippen LogP contribution in [0.25, 0.3) is 10.2 Å². The number of aryl methyl sites for hydroxylation is 1. The number of anilines is 1. The summed E-state index contributed by atoms with van der Waals surface area (Å²) in [6.07, 6.45) is 5.18. The number of aromatic nitrogens is 2. The van der Waals surface area contributed by atoms with Gasteiger partial charge in [0.05, 0.1) is 5.69 Å². The van der Waals surface area contributed by atoms with E-state index >= 15 is 0 Å². The Morgan fingerprint density at radius 1 is 1.38 bits per heavy atom. The van der Waals surface area contributed by atoms with E-state index in [4.69, 9.17) is 5.73 Å². The zero-order valence-corrected chi connectivity index (χ0v) is 12.3. The number of nitrogen functional groups attached to an aromatic ring is 1. The molecule has 3 heterocycles. The maximum atomic E-state index is 12.3. The first-order chi connectivity index (χ1) is 10.2. The van der Waals surface area contributed by atoms with Gasteiger partial charge in [-0.1, -0.05) is 0 Å². The molecular weight excluding hydrogens is 284 g/mol. The summed E-state index contributed by atoms with van der Waals surface area (Å²) in [5.74, 6) is -0.182. The van der Waals surface area contributed by atoms with Crippen LogP contribution in [0.2, 0.25) is 0 Å². The quantitative estimate of drug-likeness (QED) is 0.778. The van der Waals surface area contributed by atoms with Crippen molar-refractivity contribution in [3.63, 3.8) is 0 Å². The molecule has 0 spiro atoms. The van der Waals surface area contributed by atoms with E-state index in [1.165, 1.54) is 11.3 Å². The highest BCUT2D eigenvalue weighted by Crippen LogP contribution is 2.31. The van der Waals surface area contributed by atoms with Gasteiger partial charge in [-0.2, -0.15) is 0 Å². The maximum Gasteiger partial charge on any atom is 0.263 e. The molecule has 5 nitrogen and oxygen atoms in total. The van der Waals surface area contributed by atoms with Gasteiger partial charge in [-0.25, -0.2) is 4.98 Å². The number of fused-ring (bicyclic) bond motifs is 1. The first-order valence-electron chi connectivity index (χ1n) is 6.47. The lowest BCUT2D eigenvalue weighted by Gasteiger charge is -2.06. The third-order valence-electron chi connectivity index (χ3n) is 3.30. The third kappa shape index (κ3) is 2.57. The van der Waals surface area contributed by atoms with E-state index in [1.54, 1.807) is 18.6 Å². The summed E-state index contributed by atoms with van der Waals surface area (Å²) >= 11 is 1.31. The lowest BCUT2D eigenvalue weighted by Crippen LogP contribution is -2.23. The number of thiophene rings is 1. The molecule has 0 saturated heterocycles. The van der Waals surface area contributed by atoms with Gasteiger partial charge in [-0.3, -0.25) is 9.78 Å². The smallest absolute Gasteiger partial charge is 0.263 e. The molecule has 0 bridgehead atoms. The summed E-state index contributed by atoms with van der Waals surface area (Å²) in [6.45, 7) is 2.42. The summed E-state index contributed by atoms with van der Waals surface area (Å²) in [5, 5.41) is 3.71. The molecule has 3 aromatic heterocycles. The minimum atomic E-state index is -0.182. The van der Waals surface area contributed by atoms with Gasteiger partial charge in [-0.15, -0.1) is 11.3 Å². The van der Waals surface area contributed by atoms with Gasteiger partial charge in [-0.05, 0) is 36.2 Å². The van der Waals surface area contributed by atoms with Crippen molar-refractivity contribution in [1.82, 2.24) is 15.3 Å². The molecule has 0 saturated carbocycles. The van der Waals surface area contributed by atoms with Crippen LogP contribution < -0.4 is 11.1 Å². The molecule has 3 rings (SSSR count). The number of amides is 1. The lowest BCUT2D eigenvalue weighted by atomic mass is 10.1. The second-order valence-corrected chi connectivity index (χ2v) is 5.68. The molecule has 106 valence electrons. The average Bonchev–Trinajstić information content (AvgIpc) is 2.84. The van der Waals surface area contributed by atoms with Crippen molar-refractivity contribution in [1.29, 1.82) is 0 Å². The summed E-state index contributed by atoms with van der Waals surface area (Å²) < 4.78 is 0. The van der Waals surface area contributed by atoms with Crippen LogP contribution in [0.4, 0.5) is 5.69 Å². The fourth-order valence-corrected chi connectivity index (χ4v) is 3.04. The van der Waals surface area contributed by atoms with Crippen LogP contribution in [-0.2, 0) is 6.54 Å². The molecule has 0 aliphatic rings. The van der Waals surface area contributed by atoms with Crippen LogP contribution in [0.5, 0.6) is 0 Å². The Hall–Kier alpha value is -2.47. The van der Waals surface area contributed by atoms with Crippen molar-refractivity contribution in [2.45, 2.75) is 13.5 Å². The average molecular weight is 298 g/mol. The molecule has 3 aromatic rings. The number of nitrogens with two attached hydrogens (primary N) is 1. The molecule has 1 amide bonds. The number of nitrogens with one attached hydrogen (secondary N) is 1. The molecule has 0 atom stereocenters. The van der Waals surface area contributed by atoms with Crippen LogP contribution in [-0.4, -0.2) is 15.9 Å². The van der Waals surface area contributed by atoms with Crippen molar-refractivity contribution in [2.24, 2.45) is 0 Å². The van der Waals surface area contributed by atoms with E-state index in [0.29, 0.717) is 17.1 Å². The minimum Gasteiger partial charge on any atom is -0.397 e. The molecule has 6 heteroatoms. The van der Waals surface area contributed by atoms with Crippen molar-refractivity contribution in [2.75, 3.05) is 5.73 Å². The van der Waals surface area contributed by atoms with Gasteiger partial charge < -0.3 is 11.1 Å². The monoisotopic (exact) mass is 298 g/mol. The summed E-state index contributed by atoms with van der Waals surface area (Å²) in [7, 11) is 0. The number of carbonyl (C=O) groups excluding carboxylic acids is 1. The molecule has 0 aliphatic heterocycles. The van der Waals surface area contributed by atoms with E-state index in [2.05, 4.69) is 15.3 Å². The topological polar surface area (TPSA) is 80.9 Å². The largest absolute Gasteiger partial charge is 0.397 e. The van der Waals surface area contributed by atoms with E-state index in [1.807, 2.05) is 25.1 Å². The van der Waals surface area contributed by atoms with Crippen LogP contribution in [0, 0.1) is 6.92 Å². The Balaban J connectivity index is 1.81. The normalized spacial score (nSPS) is 10.7. The van der Waals surface area contributed by atoms with Crippen LogP contribution in [0.3, 0.4) is 0 Å². The third-order valence-corrected chi connectivity index (χ3v) is 4.43. The van der Waals surface area contributed by atoms with Gasteiger partial charge in [0.1, 0.15) is 9.71 Å². The highest BCUT2D eigenvalue weighted by Gasteiger charge is 2.16. The zero-order valence-electron chi connectivity index (χ0n) is 11.5. The van der Waals surface area contributed by atoms with Gasteiger partial charge in [0.2, 0.25) is 0 Å². The van der Waals surface area contributed by atoms with E-state index in [0.717, 1.165) is 21.3 Å². The molecule has 0 fully saturated rings. The molecule has 0 unspecified atom stereocenters. The second kappa shape index (κ2) is 5.49. The number of hydrogen-bond acceptors (Lipinski definition) is 5. The molecule has 0 aliphatic carbocycles. The van der Waals surface area contributed by atoms with Crippen LogP contribution >= 0.6 is 11.3 Å². The minimum absolute atomic E-state index is 0.182. The Morgan fingerprint density at radius 3 is 3.00 bits per heavy atom. The molecular formula is C15H14N4OS. The van der Waals surface area contributed by atoms with E-state index in [-0.39, 0.29) is 5.91 Å². The zero-order chi connectivity index (χ0) is 14.8. The summed E-state index contributed by atoms with van der Waals surface area (Å²) in [4.78, 5) is 21.9. The van der Waals surface area contributed by atoms with Crippen molar-refractivity contribution < 1.29 is 4.79 Å². The van der Waals surface area contributed by atoms with Crippen LogP contribution in [0.1, 0.15) is 20.8 Å². The molecule has 0 aromatic carbocycles. The second-order valence-electron chi connectivity index (χ2n) is 4.69. The highest BCUT2D eigenvalue weighted by molar-refractivity contribution is 7.21. The first kappa shape index (κ1) is 13.5. The number of hydrogen-bond donors (Lipinski definition) is 2. The van der Waals surface area contributed by atoms with Crippen molar-refractivity contribution in [3.8, 4) is 0 Å². The number of nitrogens with zero attached hydrogens (tertiary/aromatic N) is 2. The standard InChI is InChI=1S/C15H14N4OS/c1-9-4-6-17-7-10(9)8-19-14(20)13-12(16)11-3-2-5-18-15(11)21-13/h2-7H,8,16H2,1H3,(H,19,20). The van der Waals surface area contributed by atoms with Gasteiger partial charge in [0.25, 0.3) is 5.91 Å². The predicted molar refractivity (Wildman–Crippen MR) is 84.2 cm³/mol. The summed E-state index contributed by atoms with van der Waals surface area (Å²) in [6, 6.07) is 5.60. The van der Waals surface area contributed by atoms with E-state index < -0.39 is 0 Å². The van der Waals surface area contributed by atoms with Crippen molar-refractivity contribution >= 4 is 33.1 Å². The Bertz CT molecular complexity index is 812. The first-order valence-corrected chi connectivity index (χ1v) is 7.29. The number of rotatable bonds is 3.